The molecule has 2 heterocycles. The molecule has 0 spiro atoms. The number of hydrogen-bond donors (Lipinski definition) is 3. The number of aromatic hydroxyl groups is 1. The number of aliphatic hydroxyl groups excluding tert-OH is 1. The van der Waals surface area contributed by atoms with Crippen LogP contribution in [0.25, 0.3) is 22.1 Å². The summed E-state index contributed by atoms with van der Waals surface area (Å²) in [6, 6.07) is 19.6. The van der Waals surface area contributed by atoms with Crippen LogP contribution in [0.15, 0.2) is 75.9 Å². The van der Waals surface area contributed by atoms with E-state index in [0.717, 1.165) is 5.56 Å². The Labute approximate surface area is 177 Å². The predicted molar refractivity (Wildman–Crippen MR) is 115 cm³/mol. The zero-order valence-electron chi connectivity index (χ0n) is 16.7. The minimum Gasteiger partial charge on any atom is -0.507 e. The molecule has 3 aromatic carbocycles. The molecule has 0 amide bonds. The highest BCUT2D eigenvalue weighted by atomic mass is 16.6. The molecular formula is C25H20O6. The molecule has 0 saturated carbocycles. The van der Waals surface area contributed by atoms with Crippen LogP contribution in [-0.4, -0.2) is 21.1 Å². The van der Waals surface area contributed by atoms with Crippen LogP contribution >= 0.6 is 0 Å². The van der Waals surface area contributed by atoms with Gasteiger partial charge in [0.05, 0.1) is 10.9 Å². The van der Waals surface area contributed by atoms with E-state index < -0.39 is 17.5 Å². The Hall–Kier alpha value is -3.61. The summed E-state index contributed by atoms with van der Waals surface area (Å²) < 4.78 is 11.2. The average molecular weight is 416 g/mol. The van der Waals surface area contributed by atoms with E-state index in [1.54, 1.807) is 6.92 Å². The lowest BCUT2D eigenvalue weighted by molar-refractivity contribution is -0.188. The standard InChI is InChI=1S/C25H20O6/c1-14-21(27)19-17(16-10-6-3-7-11-16)12-18(26)30-23(19)20-22(14)31-25(29,24(20)28)13-15-8-4-2-5-9-15/h2-12,24,27-29H,13H2,1H3/t24-,25+/m0/s1. The van der Waals surface area contributed by atoms with Gasteiger partial charge in [0.1, 0.15) is 11.5 Å². The van der Waals surface area contributed by atoms with Crippen molar-refractivity contribution in [1.82, 2.24) is 0 Å². The zero-order chi connectivity index (χ0) is 21.8. The van der Waals surface area contributed by atoms with E-state index in [4.69, 9.17) is 9.15 Å². The Morgan fingerprint density at radius 1 is 1.03 bits per heavy atom. The van der Waals surface area contributed by atoms with Crippen LogP contribution in [0.3, 0.4) is 0 Å². The number of rotatable bonds is 3. The number of aliphatic hydroxyl groups is 2. The van der Waals surface area contributed by atoms with Crippen molar-refractivity contribution in [2.45, 2.75) is 25.2 Å². The van der Waals surface area contributed by atoms with Crippen LogP contribution in [0.2, 0.25) is 0 Å². The summed E-state index contributed by atoms with van der Waals surface area (Å²) in [7, 11) is 0. The van der Waals surface area contributed by atoms with Crippen LogP contribution in [0, 0.1) is 6.92 Å². The first-order valence-electron chi connectivity index (χ1n) is 9.91. The summed E-state index contributed by atoms with van der Waals surface area (Å²) in [5, 5.41) is 33.6. The molecule has 0 aliphatic carbocycles. The molecular weight excluding hydrogens is 396 g/mol. The molecule has 0 unspecified atom stereocenters. The molecule has 5 rings (SSSR count). The first-order valence-corrected chi connectivity index (χ1v) is 9.91. The fraction of sp³-hybridized carbons (Fsp3) is 0.160. The fourth-order valence-corrected chi connectivity index (χ4v) is 4.22. The molecule has 6 heteroatoms. The van der Waals surface area contributed by atoms with Crippen LogP contribution in [0.5, 0.6) is 11.5 Å². The van der Waals surface area contributed by atoms with Crippen LogP contribution in [0.4, 0.5) is 0 Å². The monoisotopic (exact) mass is 416 g/mol. The zero-order valence-corrected chi connectivity index (χ0v) is 16.7. The maximum Gasteiger partial charge on any atom is 0.336 e. The lowest BCUT2D eigenvalue weighted by atomic mass is 9.92. The quantitative estimate of drug-likeness (QED) is 0.439. The van der Waals surface area contributed by atoms with Crippen molar-refractivity contribution in [1.29, 1.82) is 0 Å². The van der Waals surface area contributed by atoms with Gasteiger partial charge < -0.3 is 24.5 Å². The van der Waals surface area contributed by atoms with Gasteiger partial charge in [-0.3, -0.25) is 0 Å². The van der Waals surface area contributed by atoms with Gasteiger partial charge in [-0.05, 0) is 18.1 Å². The largest absolute Gasteiger partial charge is 0.507 e. The van der Waals surface area contributed by atoms with Gasteiger partial charge >= 0.3 is 5.63 Å². The lowest BCUT2D eigenvalue weighted by Gasteiger charge is -2.26. The molecule has 156 valence electrons. The number of benzene rings is 3. The molecule has 31 heavy (non-hydrogen) atoms. The molecule has 0 radical (unpaired) electrons. The van der Waals surface area contributed by atoms with Gasteiger partial charge in [0.25, 0.3) is 0 Å². The highest BCUT2D eigenvalue weighted by molar-refractivity contribution is 6.01. The Morgan fingerprint density at radius 3 is 2.35 bits per heavy atom. The predicted octanol–water partition coefficient (Wildman–Crippen LogP) is 3.83. The van der Waals surface area contributed by atoms with Gasteiger partial charge in [-0.15, -0.1) is 0 Å². The van der Waals surface area contributed by atoms with Gasteiger partial charge in [-0.1, -0.05) is 60.7 Å². The highest BCUT2D eigenvalue weighted by Gasteiger charge is 2.50. The second kappa shape index (κ2) is 6.97. The van der Waals surface area contributed by atoms with Crippen LogP contribution < -0.4 is 10.4 Å². The van der Waals surface area contributed by atoms with Crippen LogP contribution in [-0.2, 0) is 6.42 Å². The van der Waals surface area contributed by atoms with E-state index >= 15 is 0 Å². The minimum absolute atomic E-state index is 0.000870. The summed E-state index contributed by atoms with van der Waals surface area (Å²) in [5.41, 5.74) is 1.80. The second-order valence-electron chi connectivity index (χ2n) is 7.78. The Bertz CT molecular complexity index is 1340. The van der Waals surface area contributed by atoms with Crippen molar-refractivity contribution in [2.75, 3.05) is 0 Å². The first-order chi connectivity index (χ1) is 14.9. The number of fused-ring (bicyclic) bond motifs is 3. The van der Waals surface area contributed by atoms with Crippen LogP contribution in [0.1, 0.15) is 22.8 Å². The third kappa shape index (κ3) is 3.00. The maximum atomic E-state index is 12.4. The maximum absolute atomic E-state index is 12.4. The topological polar surface area (TPSA) is 100 Å². The third-order valence-electron chi connectivity index (χ3n) is 5.75. The highest BCUT2D eigenvalue weighted by Crippen LogP contribution is 2.53. The van der Waals surface area contributed by atoms with Gasteiger partial charge in [0.15, 0.2) is 11.7 Å². The molecule has 2 atom stereocenters. The van der Waals surface area contributed by atoms with E-state index in [1.165, 1.54) is 6.07 Å². The van der Waals surface area contributed by atoms with Crippen molar-refractivity contribution in [3.63, 3.8) is 0 Å². The summed E-state index contributed by atoms with van der Waals surface area (Å²) in [6.45, 7) is 1.63. The van der Waals surface area contributed by atoms with Crippen molar-refractivity contribution in [2.24, 2.45) is 0 Å². The Kier molecular flexibility index (Phi) is 4.36. The minimum atomic E-state index is -1.98. The Balaban J connectivity index is 1.75. The van der Waals surface area contributed by atoms with Gasteiger partial charge in [0.2, 0.25) is 5.79 Å². The number of phenols is 1. The summed E-state index contributed by atoms with van der Waals surface area (Å²) in [4.78, 5) is 12.4. The summed E-state index contributed by atoms with van der Waals surface area (Å²) >= 11 is 0. The van der Waals surface area contributed by atoms with E-state index in [-0.39, 0.29) is 34.5 Å². The lowest BCUT2D eigenvalue weighted by Crippen LogP contribution is -2.40. The smallest absolute Gasteiger partial charge is 0.336 e. The SMILES string of the molecule is Cc1c2c(c3oc(=O)cc(-c4ccccc4)c3c1O)[C@H](O)[C@@](O)(Cc1ccccc1)O2. The molecule has 6 nitrogen and oxygen atoms in total. The van der Waals surface area contributed by atoms with Crippen molar-refractivity contribution in [3.05, 3.63) is 93.8 Å². The summed E-state index contributed by atoms with van der Waals surface area (Å²) in [5.74, 6) is -1.99. The second-order valence-corrected chi connectivity index (χ2v) is 7.78. The van der Waals surface area contributed by atoms with Gasteiger partial charge in [-0.2, -0.15) is 0 Å². The molecule has 0 bridgehead atoms. The average Bonchev–Trinajstić information content (AvgIpc) is 3.03. The molecule has 1 aromatic heterocycles. The molecule has 0 fully saturated rings. The molecule has 3 N–H and O–H groups in total. The third-order valence-corrected chi connectivity index (χ3v) is 5.75. The van der Waals surface area contributed by atoms with E-state index in [2.05, 4.69) is 0 Å². The molecule has 1 aliphatic rings. The first kappa shape index (κ1) is 19.4. The van der Waals surface area contributed by atoms with E-state index in [0.29, 0.717) is 16.7 Å². The van der Waals surface area contributed by atoms with E-state index in [1.807, 2.05) is 60.7 Å². The number of hydrogen-bond acceptors (Lipinski definition) is 6. The van der Waals surface area contributed by atoms with E-state index in [9.17, 15) is 20.1 Å². The number of phenolic OH excluding ortho intramolecular Hbond substituents is 1. The van der Waals surface area contributed by atoms with Crippen molar-refractivity contribution < 1.29 is 24.5 Å². The number of ether oxygens (including phenoxy) is 1. The normalized spacial score (nSPS) is 19.9. The molecule has 0 saturated heterocycles. The van der Waals surface area contributed by atoms with Gasteiger partial charge in [0, 0.05) is 23.6 Å². The fourth-order valence-electron chi connectivity index (χ4n) is 4.22. The molecule has 4 aromatic rings. The molecule has 1 aliphatic heterocycles. The van der Waals surface area contributed by atoms with Gasteiger partial charge in [-0.25, -0.2) is 4.79 Å². The Morgan fingerprint density at radius 2 is 1.68 bits per heavy atom. The van der Waals surface area contributed by atoms with Crippen molar-refractivity contribution >= 4 is 11.0 Å². The summed E-state index contributed by atoms with van der Waals surface area (Å²) in [6.07, 6.45) is -1.48. The van der Waals surface area contributed by atoms with Crippen molar-refractivity contribution in [3.8, 4) is 22.6 Å².